The Kier molecular flexibility index (Phi) is 3.34. The molecule has 0 amide bonds. The monoisotopic (exact) mass is 217 g/mol. The van der Waals surface area contributed by atoms with Crippen LogP contribution in [0.3, 0.4) is 0 Å². The quantitative estimate of drug-likeness (QED) is 0.809. The van der Waals surface area contributed by atoms with Crippen LogP contribution in [0.15, 0.2) is 30.3 Å². The Morgan fingerprint density at radius 3 is 2.19 bits per heavy atom. The van der Waals surface area contributed by atoms with Crippen molar-refractivity contribution >= 4 is 0 Å². The van der Waals surface area contributed by atoms with Crippen molar-refractivity contribution in [3.05, 3.63) is 35.9 Å². The molecule has 16 heavy (non-hydrogen) atoms. The van der Waals surface area contributed by atoms with Crippen molar-refractivity contribution in [2.75, 3.05) is 0 Å². The molecule has 1 saturated carbocycles. The Balaban J connectivity index is 2.14. The lowest BCUT2D eigenvalue weighted by molar-refractivity contribution is 0.209. The van der Waals surface area contributed by atoms with Crippen molar-refractivity contribution in [2.24, 2.45) is 5.41 Å². The zero-order valence-corrected chi connectivity index (χ0v) is 10.7. The van der Waals surface area contributed by atoms with Crippen LogP contribution in [0.4, 0.5) is 0 Å². The van der Waals surface area contributed by atoms with Gasteiger partial charge in [0.1, 0.15) is 0 Å². The van der Waals surface area contributed by atoms with Gasteiger partial charge in [0.15, 0.2) is 0 Å². The number of hydrogen-bond donors (Lipinski definition) is 1. The highest BCUT2D eigenvalue weighted by molar-refractivity contribution is 5.21. The van der Waals surface area contributed by atoms with Crippen LogP contribution in [-0.2, 0) is 0 Å². The summed E-state index contributed by atoms with van der Waals surface area (Å²) < 4.78 is 0. The van der Waals surface area contributed by atoms with E-state index in [2.05, 4.69) is 56.4 Å². The van der Waals surface area contributed by atoms with Gasteiger partial charge in [-0.3, -0.25) is 0 Å². The molecule has 1 heteroatoms. The average molecular weight is 217 g/mol. The van der Waals surface area contributed by atoms with Gasteiger partial charge in [-0.15, -0.1) is 0 Å². The summed E-state index contributed by atoms with van der Waals surface area (Å²) in [6.07, 6.45) is 4.09. The van der Waals surface area contributed by atoms with Crippen LogP contribution in [0.1, 0.15) is 51.6 Å². The minimum atomic E-state index is 0.275. The first kappa shape index (κ1) is 11.7. The van der Waals surface area contributed by atoms with Crippen LogP contribution in [-0.4, -0.2) is 6.04 Å². The van der Waals surface area contributed by atoms with Crippen LogP contribution in [0.5, 0.6) is 0 Å². The Labute approximate surface area is 99.3 Å². The molecule has 0 aromatic heterocycles. The lowest BCUT2D eigenvalue weighted by Gasteiger charge is -2.38. The van der Waals surface area contributed by atoms with Crippen LogP contribution in [0, 0.1) is 5.41 Å². The predicted octanol–water partition coefficient (Wildman–Crippen LogP) is 3.92. The Bertz CT molecular complexity index is 319. The molecule has 1 atom stereocenters. The third-order valence-electron chi connectivity index (χ3n) is 3.51. The summed E-state index contributed by atoms with van der Waals surface area (Å²) in [5, 5.41) is 3.81. The summed E-state index contributed by atoms with van der Waals surface area (Å²) in [7, 11) is 0. The van der Waals surface area contributed by atoms with Crippen molar-refractivity contribution < 1.29 is 0 Å². The molecule has 0 aliphatic heterocycles. The first-order chi connectivity index (χ1) is 7.57. The normalized spacial score (nSPS) is 19.2. The highest BCUT2D eigenvalue weighted by Gasteiger charge is 2.30. The third-order valence-corrected chi connectivity index (χ3v) is 3.51. The van der Waals surface area contributed by atoms with Crippen molar-refractivity contribution in [1.82, 2.24) is 5.32 Å². The fourth-order valence-corrected chi connectivity index (χ4v) is 2.30. The van der Waals surface area contributed by atoms with Gasteiger partial charge in [0.05, 0.1) is 0 Å². The van der Waals surface area contributed by atoms with E-state index < -0.39 is 0 Å². The topological polar surface area (TPSA) is 12.0 Å². The summed E-state index contributed by atoms with van der Waals surface area (Å²) >= 11 is 0. The summed E-state index contributed by atoms with van der Waals surface area (Å²) in [6.45, 7) is 6.95. The van der Waals surface area contributed by atoms with Crippen molar-refractivity contribution in [3.8, 4) is 0 Å². The van der Waals surface area contributed by atoms with Gasteiger partial charge in [-0.25, -0.2) is 0 Å². The minimum Gasteiger partial charge on any atom is -0.307 e. The van der Waals surface area contributed by atoms with Crippen LogP contribution < -0.4 is 5.32 Å². The SMILES string of the molecule is CC(C)(C)C(NC1CCC1)c1ccccc1. The zero-order valence-electron chi connectivity index (χ0n) is 10.7. The molecule has 1 unspecified atom stereocenters. The van der Waals surface area contributed by atoms with Crippen LogP contribution >= 0.6 is 0 Å². The van der Waals surface area contributed by atoms with Gasteiger partial charge in [-0.2, -0.15) is 0 Å². The molecular weight excluding hydrogens is 194 g/mol. The molecule has 88 valence electrons. The number of rotatable bonds is 3. The van der Waals surface area contributed by atoms with Crippen LogP contribution in [0.2, 0.25) is 0 Å². The van der Waals surface area contributed by atoms with E-state index in [0.29, 0.717) is 6.04 Å². The first-order valence-corrected chi connectivity index (χ1v) is 6.38. The molecular formula is C15H23N. The summed E-state index contributed by atoms with van der Waals surface area (Å²) in [5.74, 6) is 0. The number of benzene rings is 1. The third kappa shape index (κ3) is 2.65. The zero-order chi connectivity index (χ0) is 11.6. The standard InChI is InChI=1S/C15H23N/c1-15(2,3)14(16-13-10-7-11-13)12-8-5-4-6-9-12/h4-6,8-9,13-14,16H,7,10-11H2,1-3H3. The fourth-order valence-electron chi connectivity index (χ4n) is 2.30. The molecule has 1 fully saturated rings. The maximum absolute atomic E-state index is 3.81. The smallest absolute Gasteiger partial charge is 0.0371 e. The van der Waals surface area contributed by atoms with Crippen molar-refractivity contribution in [1.29, 1.82) is 0 Å². The van der Waals surface area contributed by atoms with Gasteiger partial charge in [0.2, 0.25) is 0 Å². The Morgan fingerprint density at radius 2 is 1.75 bits per heavy atom. The van der Waals surface area contributed by atoms with Crippen molar-refractivity contribution in [3.63, 3.8) is 0 Å². The molecule has 1 aliphatic rings. The van der Waals surface area contributed by atoms with E-state index in [4.69, 9.17) is 0 Å². The molecule has 2 rings (SSSR count). The molecule has 0 bridgehead atoms. The van der Waals surface area contributed by atoms with E-state index in [0.717, 1.165) is 6.04 Å². The van der Waals surface area contributed by atoms with Gasteiger partial charge in [-0.1, -0.05) is 57.5 Å². The van der Waals surface area contributed by atoms with E-state index >= 15 is 0 Å². The highest BCUT2D eigenvalue weighted by atomic mass is 15.0. The molecule has 1 aliphatic carbocycles. The first-order valence-electron chi connectivity index (χ1n) is 6.38. The maximum Gasteiger partial charge on any atom is 0.0371 e. The van der Waals surface area contributed by atoms with E-state index in [-0.39, 0.29) is 5.41 Å². The summed E-state index contributed by atoms with van der Waals surface area (Å²) in [4.78, 5) is 0. The predicted molar refractivity (Wildman–Crippen MR) is 69.4 cm³/mol. The van der Waals surface area contributed by atoms with E-state index in [1.807, 2.05) is 0 Å². The molecule has 1 aromatic carbocycles. The lowest BCUT2D eigenvalue weighted by atomic mass is 9.80. The second-order valence-corrected chi connectivity index (χ2v) is 6.00. The van der Waals surface area contributed by atoms with Crippen molar-refractivity contribution in [2.45, 2.75) is 52.1 Å². The second kappa shape index (κ2) is 4.58. The molecule has 0 heterocycles. The average Bonchev–Trinajstić information content (AvgIpc) is 2.15. The van der Waals surface area contributed by atoms with Gasteiger partial charge >= 0.3 is 0 Å². The maximum atomic E-state index is 3.81. The van der Waals surface area contributed by atoms with Gasteiger partial charge in [0, 0.05) is 12.1 Å². The molecule has 1 nitrogen and oxygen atoms in total. The summed E-state index contributed by atoms with van der Waals surface area (Å²) in [6, 6.07) is 12.0. The van der Waals surface area contributed by atoms with Gasteiger partial charge in [-0.05, 0) is 23.8 Å². The Hall–Kier alpha value is -0.820. The second-order valence-electron chi connectivity index (χ2n) is 6.00. The highest BCUT2D eigenvalue weighted by Crippen LogP contribution is 2.35. The minimum absolute atomic E-state index is 0.275. The van der Waals surface area contributed by atoms with Crippen LogP contribution in [0.25, 0.3) is 0 Å². The largest absolute Gasteiger partial charge is 0.307 e. The van der Waals surface area contributed by atoms with Gasteiger partial charge in [0.25, 0.3) is 0 Å². The fraction of sp³-hybridized carbons (Fsp3) is 0.600. The van der Waals surface area contributed by atoms with E-state index in [9.17, 15) is 0 Å². The summed E-state index contributed by atoms with van der Waals surface area (Å²) in [5.41, 5.74) is 1.69. The molecule has 1 aromatic rings. The Morgan fingerprint density at radius 1 is 1.12 bits per heavy atom. The van der Waals surface area contributed by atoms with Gasteiger partial charge < -0.3 is 5.32 Å². The molecule has 0 saturated heterocycles. The molecule has 0 radical (unpaired) electrons. The molecule has 0 spiro atoms. The van der Waals surface area contributed by atoms with E-state index in [1.165, 1.54) is 24.8 Å². The lowest BCUT2D eigenvalue weighted by Crippen LogP contribution is -2.42. The number of nitrogens with one attached hydrogen (secondary N) is 1. The molecule has 1 N–H and O–H groups in total. The van der Waals surface area contributed by atoms with E-state index in [1.54, 1.807) is 0 Å². The number of hydrogen-bond acceptors (Lipinski definition) is 1.